The Balaban J connectivity index is 0.000000295. The van der Waals surface area contributed by atoms with Crippen molar-refractivity contribution in [1.82, 2.24) is 62.7 Å². The van der Waals surface area contributed by atoms with E-state index in [0.29, 0.717) is 44.5 Å². The molecule has 2 saturated heterocycles. The number of esters is 1. The molecule has 5 bridgehead atoms. The van der Waals surface area contributed by atoms with Crippen LogP contribution in [0.25, 0.3) is 34.0 Å². The summed E-state index contributed by atoms with van der Waals surface area (Å²) in [5.74, 6) is -3.33. The highest BCUT2D eigenvalue weighted by Gasteiger charge is 2.37. The monoisotopic (exact) mass is 1260 g/mol. The third kappa shape index (κ3) is 19.1. The number of alkyl carbamates (subject to hydrolysis) is 1. The molecule has 23 nitrogen and oxygen atoms in total. The summed E-state index contributed by atoms with van der Waals surface area (Å²) in [6, 6.07) is 10.2. The van der Waals surface area contributed by atoms with Crippen molar-refractivity contribution >= 4 is 87.4 Å². The number of hydrogen-bond donors (Lipinski definition) is 8. The second-order valence-corrected chi connectivity index (χ2v) is 27.0. The molecule has 0 aliphatic carbocycles. The van der Waals surface area contributed by atoms with Gasteiger partial charge in [0, 0.05) is 23.9 Å². The lowest BCUT2D eigenvalue weighted by Gasteiger charge is -2.35. The second kappa shape index (κ2) is 30.2. The fourth-order valence-electron chi connectivity index (χ4n) is 10.8. The smallest absolute Gasteiger partial charge is 0.408 e. The highest BCUT2D eigenvalue weighted by atomic mass is 16.6. The van der Waals surface area contributed by atoms with Gasteiger partial charge in [0.1, 0.15) is 41.9 Å². The number of fused-ring (bicyclic) bond motifs is 5. The fraction of sp³-hybridized carbons (Fsp3) is 0.544. The van der Waals surface area contributed by atoms with Crippen LogP contribution in [0.4, 0.5) is 4.79 Å². The minimum absolute atomic E-state index is 0.213. The van der Waals surface area contributed by atoms with Crippen molar-refractivity contribution in [3.63, 3.8) is 0 Å². The van der Waals surface area contributed by atoms with Crippen LogP contribution in [0.5, 0.6) is 0 Å². The van der Waals surface area contributed by atoms with E-state index in [1.807, 2.05) is 102 Å². The number of aromatic nitrogens is 2. The normalized spacial score (nSPS) is 21.2. The predicted octanol–water partition coefficient (Wildman–Crippen LogP) is 7.40. The maximum Gasteiger partial charge on any atom is 0.408 e. The molecule has 3 aliphatic heterocycles. The first-order chi connectivity index (χ1) is 42.5. The van der Waals surface area contributed by atoms with E-state index in [0.717, 1.165) is 49.8 Å². The number of carbonyl (C=O) groups excluding carboxylic acids is 9. The molecule has 7 rings (SSSR count). The van der Waals surface area contributed by atoms with Gasteiger partial charge < -0.3 is 41.4 Å². The van der Waals surface area contributed by atoms with Crippen LogP contribution in [-0.2, 0) is 47.8 Å². The molecule has 0 radical (unpaired) electrons. The van der Waals surface area contributed by atoms with Crippen LogP contribution in [0.2, 0.25) is 0 Å². The molecule has 5 heterocycles. The third-order valence-corrected chi connectivity index (χ3v) is 16.2. The summed E-state index contributed by atoms with van der Waals surface area (Å²) in [7, 11) is 1.36. The highest BCUT2D eigenvalue weighted by Crippen LogP contribution is 2.28. The number of pyridine rings is 2. The van der Waals surface area contributed by atoms with E-state index < -0.39 is 82.5 Å². The van der Waals surface area contributed by atoms with Crippen LogP contribution >= 0.6 is 0 Å². The second-order valence-electron chi connectivity index (χ2n) is 27.0. The first-order valence-corrected chi connectivity index (χ1v) is 31.5. The first-order valence-electron chi connectivity index (χ1n) is 31.5. The van der Waals surface area contributed by atoms with Gasteiger partial charge in [0.2, 0.25) is 29.5 Å². The quantitative estimate of drug-likeness (QED) is 0.0641. The van der Waals surface area contributed by atoms with Crippen molar-refractivity contribution in [2.24, 2.45) is 22.7 Å². The number of hydrogen-bond acceptors (Lipinski definition) is 15. The van der Waals surface area contributed by atoms with Gasteiger partial charge in [0.25, 0.3) is 11.8 Å². The molecule has 2 fully saturated rings. The molecule has 2 aromatic heterocycles. The standard InChI is InChI=1S/C37H54N6O7.C31H42N6O4/c1-21(2)29(41-35(48)50-36(6,7)8)32(45)39-24(5)33(46)43-18-12-13-27(42-43)31(44)38-23(4)30-22(3)19-26-15-14-25(20-28(26)40-30)16-17-37(9,10)34(47)49-11;1-17(2)25-28(39)33-20(5)29(40)37-14-8-9-23(36-37)27(38)32-19(4)26-18(3)15-22-11-10-21(16-24(22)34-26)12-13-31(6,7)30(41)35-25/h14-17,19-21,23-24,27,29,42H,12-13,18H2,1-11H3,(H,38,44)(H,39,45)(H,41,48);10-13,15-17,19-20,23,25,36H,8-9,14H2,1-7H3,(H,32,38)(H,33,39)(H,35,41)/b17-16+;/t23-,24+,27+,29+;19-,20+,23+,25+/m11/s1. The van der Waals surface area contributed by atoms with Crippen LogP contribution in [-0.4, -0.2) is 135 Å². The molecule has 8 amide bonds. The largest absolute Gasteiger partial charge is 0.468 e. The number of ether oxygens (including phenoxy) is 2. The van der Waals surface area contributed by atoms with Crippen LogP contribution in [0.3, 0.4) is 0 Å². The van der Waals surface area contributed by atoms with Crippen molar-refractivity contribution in [3.05, 3.63) is 94.3 Å². The maximum absolute atomic E-state index is 13.4. The number of amides is 8. The van der Waals surface area contributed by atoms with E-state index in [4.69, 9.17) is 19.4 Å². The van der Waals surface area contributed by atoms with Gasteiger partial charge in [0.15, 0.2) is 0 Å². The molecular formula is C68H96N12O11. The minimum Gasteiger partial charge on any atom is -0.468 e. The molecule has 8 N–H and O–H groups in total. The molecule has 0 spiro atoms. The molecule has 0 unspecified atom stereocenters. The maximum atomic E-state index is 13.4. The zero-order valence-electron chi connectivity index (χ0n) is 56.2. The Bertz CT molecular complexity index is 3440. The molecule has 23 heteroatoms. The van der Waals surface area contributed by atoms with E-state index in [-0.39, 0.29) is 47.5 Å². The highest BCUT2D eigenvalue weighted by molar-refractivity contribution is 5.95. The number of nitrogens with zero attached hydrogens (tertiary/aromatic N) is 4. The molecule has 91 heavy (non-hydrogen) atoms. The Hall–Kier alpha value is -8.31. The lowest BCUT2D eigenvalue weighted by atomic mass is 9.89. The number of hydrazine groups is 2. The first kappa shape index (κ1) is 71.8. The summed E-state index contributed by atoms with van der Waals surface area (Å²) in [6.45, 7) is 31.2. The number of aryl methyl sites for hydroxylation is 2. The molecule has 4 aromatic rings. The van der Waals surface area contributed by atoms with Gasteiger partial charge in [-0.2, -0.15) is 0 Å². The topological polar surface area (TPSA) is 301 Å². The van der Waals surface area contributed by atoms with Crippen LogP contribution in [0, 0.1) is 36.5 Å². The summed E-state index contributed by atoms with van der Waals surface area (Å²) in [5.41, 5.74) is 10.3. The van der Waals surface area contributed by atoms with E-state index in [1.54, 1.807) is 82.2 Å². The Morgan fingerprint density at radius 3 is 2.03 bits per heavy atom. The molecule has 2 aromatic carbocycles. The number of carbonyl (C=O) groups is 9. The van der Waals surface area contributed by atoms with Crippen molar-refractivity contribution in [2.45, 2.75) is 197 Å². The van der Waals surface area contributed by atoms with Crippen molar-refractivity contribution in [1.29, 1.82) is 0 Å². The third-order valence-electron chi connectivity index (χ3n) is 16.2. The van der Waals surface area contributed by atoms with Gasteiger partial charge in [-0.25, -0.2) is 15.6 Å². The van der Waals surface area contributed by atoms with Gasteiger partial charge >= 0.3 is 12.1 Å². The van der Waals surface area contributed by atoms with Crippen molar-refractivity contribution < 1.29 is 52.6 Å². The summed E-state index contributed by atoms with van der Waals surface area (Å²) in [6.07, 6.45) is 8.92. The molecule has 0 saturated carbocycles. The minimum atomic E-state index is -0.923. The fourth-order valence-corrected chi connectivity index (χ4v) is 10.8. The number of methoxy groups -OCH3 is 1. The predicted molar refractivity (Wildman–Crippen MR) is 349 cm³/mol. The van der Waals surface area contributed by atoms with Crippen LogP contribution in [0.1, 0.15) is 175 Å². The Kier molecular flexibility index (Phi) is 23.8. The summed E-state index contributed by atoms with van der Waals surface area (Å²) in [5, 5.41) is 21.7. The Morgan fingerprint density at radius 2 is 1.38 bits per heavy atom. The van der Waals surface area contributed by atoms with Crippen LogP contribution < -0.4 is 42.8 Å². The van der Waals surface area contributed by atoms with E-state index in [9.17, 15) is 43.2 Å². The number of nitrogens with one attached hydrogen (secondary N) is 8. The zero-order valence-corrected chi connectivity index (χ0v) is 56.2. The average Bonchev–Trinajstić information content (AvgIpc) is 1.21. The van der Waals surface area contributed by atoms with E-state index >= 15 is 0 Å². The van der Waals surface area contributed by atoms with Crippen molar-refractivity contribution in [2.75, 3.05) is 20.2 Å². The molecular weight excluding hydrogens is 1160 g/mol. The summed E-state index contributed by atoms with van der Waals surface area (Å²) >= 11 is 0. The molecule has 8 atom stereocenters. The molecule has 494 valence electrons. The van der Waals surface area contributed by atoms with E-state index in [2.05, 4.69) is 48.8 Å². The summed E-state index contributed by atoms with van der Waals surface area (Å²) in [4.78, 5) is 127. The zero-order chi connectivity index (χ0) is 67.6. The lowest BCUT2D eigenvalue weighted by molar-refractivity contribution is -0.148. The van der Waals surface area contributed by atoms with Gasteiger partial charge in [-0.1, -0.05) is 76.3 Å². The van der Waals surface area contributed by atoms with Gasteiger partial charge in [-0.05, 0) is 174 Å². The molecule has 3 aliphatic rings. The summed E-state index contributed by atoms with van der Waals surface area (Å²) < 4.78 is 10.2. The SMILES string of the molecule is COC(=O)C(C)(C)/C=C/c1ccc2cc(C)c([C@@H](C)NC(=O)[C@@H]3CCCN(C(=O)[C@H](C)NC(=O)[C@@H](NC(=O)OC(C)(C)C)C(C)C)N3)nc2c1.Cc1cc2ccc3cc2nc1[C@@H](C)NC(=O)[C@@H]1CCCN(N1)C(=O)[C@H](C)NC(=O)[C@H](C(C)C)NC(=O)C(C)(C)C=C3. The lowest BCUT2D eigenvalue weighted by Crippen LogP contribution is -2.62. The Morgan fingerprint density at radius 1 is 0.747 bits per heavy atom. The van der Waals surface area contributed by atoms with Crippen LogP contribution in [0.15, 0.2) is 60.7 Å². The number of benzene rings is 2. The van der Waals surface area contributed by atoms with Gasteiger partial charge in [-0.15, -0.1) is 0 Å². The Labute approximate surface area is 535 Å². The van der Waals surface area contributed by atoms with Gasteiger partial charge in [-0.3, -0.25) is 58.3 Å². The number of rotatable bonds is 12. The van der Waals surface area contributed by atoms with Crippen molar-refractivity contribution in [3.8, 4) is 0 Å². The van der Waals surface area contributed by atoms with Gasteiger partial charge in [0.05, 0.1) is 52.4 Å². The van der Waals surface area contributed by atoms with E-state index in [1.165, 1.54) is 17.1 Å². The average molecular weight is 1260 g/mol.